The topological polar surface area (TPSA) is 181 Å². The summed E-state index contributed by atoms with van der Waals surface area (Å²) in [6, 6.07) is 19.8. The van der Waals surface area contributed by atoms with Gasteiger partial charge in [-0.15, -0.1) is 0 Å². The van der Waals surface area contributed by atoms with E-state index in [1.807, 2.05) is 74.5 Å². The fourth-order valence-corrected chi connectivity index (χ4v) is 4.64. The molecule has 58 heavy (non-hydrogen) atoms. The van der Waals surface area contributed by atoms with Crippen molar-refractivity contribution in [2.75, 3.05) is 46.2 Å². The number of hydrogen-bond donors (Lipinski definition) is 2. The van der Waals surface area contributed by atoms with E-state index in [2.05, 4.69) is 4.52 Å². The number of aliphatic hydroxyl groups excluding tert-OH is 1. The van der Waals surface area contributed by atoms with Gasteiger partial charge in [0.05, 0.1) is 63.3 Å². The van der Waals surface area contributed by atoms with Crippen LogP contribution in [0.4, 0.5) is 0 Å². The molecule has 0 aliphatic rings. The summed E-state index contributed by atoms with van der Waals surface area (Å²) in [5, 5.41) is 17.1. The monoisotopic (exact) mass is 884 g/mol. The van der Waals surface area contributed by atoms with Crippen LogP contribution in [0.25, 0.3) is 0 Å². The van der Waals surface area contributed by atoms with Gasteiger partial charge in [-0.1, -0.05) is 103 Å². The van der Waals surface area contributed by atoms with Gasteiger partial charge in [-0.05, 0) is 80.1 Å². The lowest BCUT2D eigenvalue weighted by Crippen LogP contribution is -2.16. The van der Waals surface area contributed by atoms with Gasteiger partial charge in [0.2, 0.25) is 0 Å². The van der Waals surface area contributed by atoms with Crippen LogP contribution in [0.3, 0.4) is 0 Å². The maximum absolute atomic E-state index is 11.3. The molecule has 0 aromatic heterocycles. The molecule has 0 saturated carbocycles. The molecule has 0 heterocycles. The molecule has 0 saturated heterocycles. The Labute approximate surface area is 357 Å². The number of aliphatic hydroxyl groups is 1. The van der Waals surface area contributed by atoms with Gasteiger partial charge >= 0.3 is 30.0 Å². The van der Waals surface area contributed by atoms with E-state index in [0.29, 0.717) is 71.9 Å². The molecule has 0 spiro atoms. The van der Waals surface area contributed by atoms with Crippen molar-refractivity contribution >= 4 is 52.4 Å². The van der Waals surface area contributed by atoms with Crippen LogP contribution in [0.5, 0.6) is 0 Å². The van der Waals surface area contributed by atoms with E-state index in [-0.39, 0.29) is 69.6 Å². The third kappa shape index (κ3) is 37.3. The minimum Gasteiger partial charge on any atom is -0.481 e. The Kier molecular flexibility index (Phi) is 41.9. The minimum atomic E-state index is -3.48. The fourth-order valence-electron chi connectivity index (χ4n) is 3.91. The number of rotatable bonds is 23. The van der Waals surface area contributed by atoms with Crippen LogP contribution in [0, 0.1) is 23.7 Å². The summed E-state index contributed by atoms with van der Waals surface area (Å²) in [6.07, 6.45) is -1.36. The molecule has 2 N–H and O–H groups in total. The van der Waals surface area contributed by atoms with Crippen molar-refractivity contribution in [1.29, 1.82) is 0 Å². The normalized spacial score (nSPS) is 12.2. The SMILES string of the molecule is C.C.CCOC(=O)[C@@H](C)CCO.CCOC(=O)[C@@H](C)CCOCc1ccccc1.CCOC(=O)[C@@H](C)CCOP(=O)(Cl)Cl.C[C@@H](CCOCc1ccccc1)C(=O)O. The zero-order valence-corrected chi connectivity index (χ0v) is 36.3. The van der Waals surface area contributed by atoms with E-state index in [0.717, 1.165) is 11.1 Å². The average Bonchev–Trinajstić information content (AvgIpc) is 3.16. The number of carbonyl (C=O) groups excluding carboxylic acids is 3. The number of aliphatic carboxylic acids is 1. The quantitative estimate of drug-likeness (QED) is 0.0466. The van der Waals surface area contributed by atoms with Crippen molar-refractivity contribution in [1.82, 2.24) is 0 Å². The number of halogens is 2. The second-order valence-electron chi connectivity index (χ2n) is 12.4. The van der Waals surface area contributed by atoms with Gasteiger partial charge in [-0.25, -0.2) is 0 Å². The molecule has 4 atom stereocenters. The largest absolute Gasteiger partial charge is 0.481 e. The number of benzene rings is 2. The number of carboxylic acids is 1. The summed E-state index contributed by atoms with van der Waals surface area (Å²) in [5.74, 6) is -2.35. The first-order chi connectivity index (χ1) is 26.5. The molecular formula is C42H71Cl2O13P. The maximum Gasteiger partial charge on any atom is 0.380 e. The molecule has 0 unspecified atom stereocenters. The van der Waals surface area contributed by atoms with Crippen LogP contribution in [0.1, 0.15) is 100 Å². The van der Waals surface area contributed by atoms with Crippen molar-refractivity contribution in [3.8, 4) is 0 Å². The number of ether oxygens (including phenoxy) is 5. The first-order valence-corrected chi connectivity index (χ1v) is 22.2. The number of carbonyl (C=O) groups is 4. The number of esters is 3. The molecule has 0 bridgehead atoms. The van der Waals surface area contributed by atoms with Gasteiger partial charge in [0, 0.05) is 19.8 Å². The molecule has 336 valence electrons. The van der Waals surface area contributed by atoms with Crippen molar-refractivity contribution < 1.29 is 62.2 Å². The van der Waals surface area contributed by atoms with Gasteiger partial charge in [-0.3, -0.25) is 23.7 Å². The van der Waals surface area contributed by atoms with Crippen LogP contribution in [-0.4, -0.2) is 80.3 Å². The maximum atomic E-state index is 11.3. The summed E-state index contributed by atoms with van der Waals surface area (Å²) >= 11 is 10.3. The standard InChI is InChI=1S/C14H20O3.C12H16O3.C7H13Cl2O4P.C7H14O3.2CH4/c1-3-17-14(15)12(2)9-10-16-11-13-7-5-4-6-8-13;1-10(12(13)14)7-8-15-9-11-5-3-2-4-6-11;1-3-12-7(10)6(2)4-5-13-14(8,9)11;1-3-10-7(9)6(2)4-5-8;;/h4-8,12H,3,9-11H2,1-2H3;2-6,10H,7-9H2,1H3,(H,13,14);6H,3-5H2,1-2H3;6,8H,3-5H2,1-2H3;2*1H4/t12-;10-;2*6-;;/m0000../s1. The second kappa shape index (κ2) is 39.4. The van der Waals surface area contributed by atoms with E-state index >= 15 is 0 Å². The zero-order valence-electron chi connectivity index (χ0n) is 33.9. The third-order valence-electron chi connectivity index (χ3n) is 7.46. The van der Waals surface area contributed by atoms with Gasteiger partial charge in [0.25, 0.3) is 0 Å². The first-order valence-electron chi connectivity index (χ1n) is 18.7. The molecule has 16 heteroatoms. The summed E-state index contributed by atoms with van der Waals surface area (Å²) in [6.45, 7) is 15.8. The van der Waals surface area contributed by atoms with Crippen LogP contribution >= 0.6 is 28.6 Å². The van der Waals surface area contributed by atoms with Crippen LogP contribution in [0.15, 0.2) is 60.7 Å². The third-order valence-corrected chi connectivity index (χ3v) is 8.53. The Morgan fingerprint density at radius 1 is 0.586 bits per heavy atom. The second-order valence-corrected chi connectivity index (χ2v) is 16.7. The predicted molar refractivity (Wildman–Crippen MR) is 231 cm³/mol. The summed E-state index contributed by atoms with van der Waals surface area (Å²) in [7, 11) is 0. The highest BCUT2D eigenvalue weighted by atomic mass is 35.9. The molecule has 0 amide bonds. The molecule has 2 rings (SSSR count). The van der Waals surface area contributed by atoms with E-state index in [9.17, 15) is 23.7 Å². The fraction of sp³-hybridized carbons (Fsp3) is 0.619. The Bertz CT molecular complexity index is 1350. The minimum absolute atomic E-state index is 0. The smallest absolute Gasteiger partial charge is 0.380 e. The van der Waals surface area contributed by atoms with Gasteiger partial charge in [-0.2, -0.15) is 0 Å². The first kappa shape index (κ1) is 61.6. The van der Waals surface area contributed by atoms with Gasteiger partial charge in [0.1, 0.15) is 0 Å². The van der Waals surface area contributed by atoms with Gasteiger partial charge < -0.3 is 38.4 Å². The Balaban J connectivity index is -0.000000337. The number of hydrogen-bond acceptors (Lipinski definition) is 12. The highest BCUT2D eigenvalue weighted by Crippen LogP contribution is 2.57. The van der Waals surface area contributed by atoms with Crippen molar-refractivity contribution in [3.63, 3.8) is 0 Å². The summed E-state index contributed by atoms with van der Waals surface area (Å²) in [5.41, 5.74) is 2.26. The van der Waals surface area contributed by atoms with Crippen LogP contribution in [0.2, 0.25) is 0 Å². The van der Waals surface area contributed by atoms with Crippen LogP contribution in [-0.2, 0) is 65.2 Å². The van der Waals surface area contributed by atoms with E-state index in [1.165, 1.54) is 0 Å². The molecule has 13 nitrogen and oxygen atoms in total. The summed E-state index contributed by atoms with van der Waals surface area (Å²) < 4.78 is 40.6. The number of carboxylic acid groups (broad SMARTS) is 1. The average molecular weight is 886 g/mol. The lowest BCUT2D eigenvalue weighted by Gasteiger charge is -2.10. The lowest BCUT2D eigenvalue weighted by molar-refractivity contribution is -0.148. The van der Waals surface area contributed by atoms with Crippen molar-refractivity contribution in [2.45, 2.75) is 102 Å². The highest BCUT2D eigenvalue weighted by Gasteiger charge is 2.18. The van der Waals surface area contributed by atoms with E-state index in [1.54, 1.807) is 34.6 Å². The lowest BCUT2D eigenvalue weighted by atomic mass is 10.1. The predicted octanol–water partition coefficient (Wildman–Crippen LogP) is 10.1. The van der Waals surface area contributed by atoms with Crippen LogP contribution < -0.4 is 0 Å². The van der Waals surface area contributed by atoms with Crippen molar-refractivity contribution in [3.05, 3.63) is 71.8 Å². The van der Waals surface area contributed by atoms with E-state index in [4.69, 9.17) is 56.4 Å². The van der Waals surface area contributed by atoms with Crippen molar-refractivity contribution in [2.24, 2.45) is 23.7 Å². The molecule has 2 aromatic rings. The molecule has 0 aliphatic heterocycles. The van der Waals surface area contributed by atoms with Gasteiger partial charge in [0.15, 0.2) is 0 Å². The molecule has 0 aliphatic carbocycles. The molecule has 0 radical (unpaired) electrons. The molecule has 0 fully saturated rings. The van der Waals surface area contributed by atoms with E-state index < -0.39 is 12.0 Å². The highest BCUT2D eigenvalue weighted by molar-refractivity contribution is 8.05. The Hall–Kier alpha value is -3.03. The zero-order chi connectivity index (χ0) is 42.8. The Morgan fingerprint density at radius 2 is 0.914 bits per heavy atom. The molecule has 2 aromatic carbocycles. The molecular weight excluding hydrogens is 814 g/mol. The summed E-state index contributed by atoms with van der Waals surface area (Å²) in [4.78, 5) is 43.7. The Morgan fingerprint density at radius 3 is 1.22 bits per heavy atom.